The second kappa shape index (κ2) is 12.0. The number of benzene rings is 1. The first-order valence-electron chi connectivity index (χ1n) is 10.1. The number of halogens is 1. The van der Waals surface area contributed by atoms with Gasteiger partial charge in [-0.2, -0.15) is 0 Å². The van der Waals surface area contributed by atoms with Crippen molar-refractivity contribution in [3.63, 3.8) is 0 Å². The highest BCUT2D eigenvalue weighted by atomic mass is 127. The average Bonchev–Trinajstić information content (AvgIpc) is 3.13. The number of ether oxygens (including phenoxy) is 1. The standard InChI is InChI=1S/C21H31N5O3.HI/c1-4-22-21(23-8-7-17-5-6-19(28-3)14-20(17)27)26-11-9-25(10-12-26)15-18-13-16(2)29-24-18;/h5-6,13-14,27H,4,7-12,15H2,1-3H3,(H,22,23);1H. The number of phenols is 1. The minimum absolute atomic E-state index is 0. The number of guanidine groups is 1. The second-order valence-corrected chi connectivity index (χ2v) is 7.17. The van der Waals surface area contributed by atoms with Gasteiger partial charge in [0.25, 0.3) is 0 Å². The van der Waals surface area contributed by atoms with Crippen LogP contribution in [0.5, 0.6) is 11.5 Å². The van der Waals surface area contributed by atoms with Gasteiger partial charge in [0.05, 0.1) is 12.8 Å². The van der Waals surface area contributed by atoms with Crippen LogP contribution >= 0.6 is 24.0 Å². The number of phenolic OH excluding ortho intramolecular Hbond substituents is 1. The Morgan fingerprint density at radius 1 is 1.27 bits per heavy atom. The summed E-state index contributed by atoms with van der Waals surface area (Å²) in [7, 11) is 1.59. The fraction of sp³-hybridized carbons (Fsp3) is 0.524. The van der Waals surface area contributed by atoms with E-state index in [2.05, 4.69) is 27.2 Å². The first kappa shape index (κ1) is 24.3. The van der Waals surface area contributed by atoms with Gasteiger partial charge in [0.15, 0.2) is 5.96 Å². The Morgan fingerprint density at radius 2 is 2.03 bits per heavy atom. The van der Waals surface area contributed by atoms with Crippen LogP contribution < -0.4 is 10.1 Å². The van der Waals surface area contributed by atoms with E-state index in [0.717, 1.165) is 62.2 Å². The molecule has 166 valence electrons. The first-order valence-corrected chi connectivity index (χ1v) is 10.1. The van der Waals surface area contributed by atoms with Gasteiger partial charge in [-0.05, 0) is 31.9 Å². The van der Waals surface area contributed by atoms with Crippen molar-refractivity contribution in [2.24, 2.45) is 4.99 Å². The van der Waals surface area contributed by atoms with E-state index in [4.69, 9.17) is 14.3 Å². The number of piperazine rings is 1. The van der Waals surface area contributed by atoms with Crippen molar-refractivity contribution in [2.45, 2.75) is 26.8 Å². The highest BCUT2D eigenvalue weighted by molar-refractivity contribution is 14.0. The molecule has 30 heavy (non-hydrogen) atoms. The minimum atomic E-state index is 0. The third-order valence-electron chi connectivity index (χ3n) is 5.00. The van der Waals surface area contributed by atoms with Crippen molar-refractivity contribution < 1.29 is 14.4 Å². The first-order chi connectivity index (χ1) is 14.1. The number of aryl methyl sites for hydroxylation is 1. The molecule has 3 rings (SSSR count). The molecule has 8 nitrogen and oxygen atoms in total. The van der Waals surface area contributed by atoms with Gasteiger partial charge in [-0.25, -0.2) is 0 Å². The van der Waals surface area contributed by atoms with Crippen LogP contribution in [0, 0.1) is 6.92 Å². The fourth-order valence-corrected chi connectivity index (χ4v) is 3.43. The maximum absolute atomic E-state index is 10.1. The van der Waals surface area contributed by atoms with Gasteiger partial charge >= 0.3 is 0 Å². The number of aliphatic imine (C=N–C) groups is 1. The smallest absolute Gasteiger partial charge is 0.194 e. The zero-order valence-electron chi connectivity index (χ0n) is 17.9. The predicted octanol–water partition coefficient (Wildman–Crippen LogP) is 2.64. The molecule has 1 aromatic heterocycles. The van der Waals surface area contributed by atoms with Crippen LogP contribution in [0.4, 0.5) is 0 Å². The van der Waals surface area contributed by atoms with E-state index >= 15 is 0 Å². The lowest BCUT2D eigenvalue weighted by Crippen LogP contribution is -2.52. The SMILES string of the molecule is CCNC(=NCCc1ccc(OC)cc1O)N1CCN(Cc2cc(C)on2)CC1.I. The van der Waals surface area contributed by atoms with Gasteiger partial charge in [-0.1, -0.05) is 11.2 Å². The van der Waals surface area contributed by atoms with Crippen molar-refractivity contribution in [3.05, 3.63) is 41.3 Å². The molecule has 0 aliphatic carbocycles. The van der Waals surface area contributed by atoms with Gasteiger partial charge in [0.1, 0.15) is 17.3 Å². The Balaban J connectivity index is 0.00000320. The molecule has 1 aromatic carbocycles. The molecular weight excluding hydrogens is 497 g/mol. The van der Waals surface area contributed by atoms with Crippen molar-refractivity contribution in [3.8, 4) is 11.5 Å². The normalized spacial score (nSPS) is 15.0. The highest BCUT2D eigenvalue weighted by Crippen LogP contribution is 2.23. The number of methoxy groups -OCH3 is 1. The van der Waals surface area contributed by atoms with Crippen molar-refractivity contribution >= 4 is 29.9 Å². The third kappa shape index (κ3) is 6.76. The fourth-order valence-electron chi connectivity index (χ4n) is 3.43. The summed E-state index contributed by atoms with van der Waals surface area (Å²) in [6.45, 7) is 9.98. The Hall–Kier alpha value is -2.01. The zero-order valence-corrected chi connectivity index (χ0v) is 20.3. The van der Waals surface area contributed by atoms with Crippen molar-refractivity contribution in [1.29, 1.82) is 0 Å². The Bertz CT molecular complexity index is 819. The van der Waals surface area contributed by atoms with E-state index in [0.29, 0.717) is 18.7 Å². The maximum atomic E-state index is 10.1. The number of aromatic nitrogens is 1. The van der Waals surface area contributed by atoms with Gasteiger partial charge in [-0.15, -0.1) is 24.0 Å². The van der Waals surface area contributed by atoms with E-state index in [1.54, 1.807) is 13.2 Å². The Labute approximate surface area is 195 Å². The molecule has 0 radical (unpaired) electrons. The quantitative estimate of drug-likeness (QED) is 0.324. The molecule has 0 spiro atoms. The Morgan fingerprint density at radius 3 is 2.63 bits per heavy atom. The molecular formula is C21H32IN5O3. The lowest BCUT2D eigenvalue weighted by molar-refractivity contribution is 0.169. The molecule has 1 fully saturated rings. The predicted molar refractivity (Wildman–Crippen MR) is 128 cm³/mol. The second-order valence-electron chi connectivity index (χ2n) is 7.17. The number of nitrogens with zero attached hydrogens (tertiary/aromatic N) is 4. The van der Waals surface area contributed by atoms with Crippen LogP contribution in [0.25, 0.3) is 0 Å². The summed E-state index contributed by atoms with van der Waals surface area (Å²) >= 11 is 0. The summed E-state index contributed by atoms with van der Waals surface area (Å²) in [5.74, 6) is 2.68. The minimum Gasteiger partial charge on any atom is -0.508 e. The van der Waals surface area contributed by atoms with Crippen LogP contribution in [0.1, 0.15) is 23.9 Å². The lowest BCUT2D eigenvalue weighted by Gasteiger charge is -2.36. The molecule has 0 unspecified atom stereocenters. The van der Waals surface area contributed by atoms with Crippen LogP contribution in [0.2, 0.25) is 0 Å². The average molecular weight is 529 g/mol. The van der Waals surface area contributed by atoms with Gasteiger partial charge in [-0.3, -0.25) is 9.89 Å². The molecule has 2 heterocycles. The summed E-state index contributed by atoms with van der Waals surface area (Å²) in [5.41, 5.74) is 1.86. The highest BCUT2D eigenvalue weighted by Gasteiger charge is 2.20. The van der Waals surface area contributed by atoms with Crippen molar-refractivity contribution in [1.82, 2.24) is 20.3 Å². The van der Waals surface area contributed by atoms with E-state index < -0.39 is 0 Å². The van der Waals surface area contributed by atoms with E-state index in [9.17, 15) is 5.11 Å². The molecule has 0 saturated carbocycles. The largest absolute Gasteiger partial charge is 0.508 e. The molecule has 2 aromatic rings. The molecule has 2 N–H and O–H groups in total. The van der Waals surface area contributed by atoms with Gasteiger partial charge in [0.2, 0.25) is 0 Å². The number of hydrogen-bond donors (Lipinski definition) is 2. The van der Waals surface area contributed by atoms with Gasteiger partial charge in [0, 0.05) is 57.9 Å². The molecule has 9 heteroatoms. The summed E-state index contributed by atoms with van der Waals surface area (Å²) in [6.07, 6.45) is 0.677. The number of rotatable bonds is 7. The van der Waals surface area contributed by atoms with E-state index in [1.807, 2.05) is 25.1 Å². The molecule has 0 amide bonds. The number of aromatic hydroxyl groups is 1. The van der Waals surface area contributed by atoms with Crippen LogP contribution in [0.3, 0.4) is 0 Å². The van der Waals surface area contributed by atoms with Crippen LogP contribution in [0.15, 0.2) is 33.8 Å². The molecule has 1 saturated heterocycles. The molecule has 0 atom stereocenters. The molecule has 1 aliphatic heterocycles. The summed E-state index contributed by atoms with van der Waals surface area (Å²) in [6, 6.07) is 7.38. The van der Waals surface area contributed by atoms with Crippen LogP contribution in [-0.4, -0.2) is 72.4 Å². The number of hydrogen-bond acceptors (Lipinski definition) is 6. The summed E-state index contributed by atoms with van der Waals surface area (Å²) < 4.78 is 10.3. The Kier molecular flexibility index (Phi) is 9.70. The third-order valence-corrected chi connectivity index (χ3v) is 5.00. The summed E-state index contributed by atoms with van der Waals surface area (Å²) in [5, 5.41) is 17.6. The van der Waals surface area contributed by atoms with E-state index in [-0.39, 0.29) is 29.7 Å². The summed E-state index contributed by atoms with van der Waals surface area (Å²) in [4.78, 5) is 9.45. The molecule has 0 bridgehead atoms. The topological polar surface area (TPSA) is 86.4 Å². The maximum Gasteiger partial charge on any atom is 0.194 e. The van der Waals surface area contributed by atoms with Crippen LogP contribution in [-0.2, 0) is 13.0 Å². The number of nitrogens with one attached hydrogen (secondary N) is 1. The molecule has 1 aliphatic rings. The monoisotopic (exact) mass is 529 g/mol. The van der Waals surface area contributed by atoms with Crippen molar-refractivity contribution in [2.75, 3.05) is 46.4 Å². The zero-order chi connectivity index (χ0) is 20.6. The van der Waals surface area contributed by atoms with Gasteiger partial charge < -0.3 is 24.6 Å². The van der Waals surface area contributed by atoms with E-state index in [1.165, 1.54) is 0 Å². The lowest BCUT2D eigenvalue weighted by atomic mass is 10.1.